The molecule has 2 N–H and O–H groups in total. The molecule has 2 aromatic rings. The zero-order valence-electron chi connectivity index (χ0n) is 17.6. The first-order valence-corrected chi connectivity index (χ1v) is 10.5. The standard InChI is InChI=1S/C24H29N3O3/c1-17(2)16-21(28)25-19-11-13-20(14-12-19)26-24(30)23(18-8-4-3-5-9-18)27-15-7-6-10-22(27)29/h3-5,8-9,11-14,17,23H,6-7,10,15-16H2,1-2H3,(H,25,28)(H,26,30). The molecule has 1 saturated heterocycles. The van der Waals surface area contributed by atoms with Crippen LogP contribution in [0, 0.1) is 5.92 Å². The van der Waals surface area contributed by atoms with Gasteiger partial charge in [-0.1, -0.05) is 44.2 Å². The number of nitrogens with one attached hydrogen (secondary N) is 2. The molecule has 3 amide bonds. The number of anilines is 2. The molecule has 0 aromatic heterocycles. The topological polar surface area (TPSA) is 78.5 Å². The summed E-state index contributed by atoms with van der Waals surface area (Å²) in [6.07, 6.45) is 2.69. The summed E-state index contributed by atoms with van der Waals surface area (Å²) in [6, 6.07) is 15.8. The molecule has 1 aliphatic rings. The molecule has 1 fully saturated rings. The van der Waals surface area contributed by atoms with E-state index in [1.165, 1.54) is 0 Å². The number of piperidine rings is 1. The van der Waals surface area contributed by atoms with E-state index in [0.29, 0.717) is 30.8 Å². The second-order valence-corrected chi connectivity index (χ2v) is 8.07. The Balaban J connectivity index is 1.72. The van der Waals surface area contributed by atoms with Crippen LogP contribution in [0.15, 0.2) is 54.6 Å². The third-order valence-electron chi connectivity index (χ3n) is 5.07. The minimum atomic E-state index is -0.663. The molecule has 3 rings (SSSR count). The Morgan fingerprint density at radius 3 is 2.17 bits per heavy atom. The normalized spacial score (nSPS) is 15.0. The number of likely N-dealkylation sites (tertiary alicyclic amines) is 1. The molecular weight excluding hydrogens is 378 g/mol. The number of hydrogen-bond acceptors (Lipinski definition) is 3. The predicted octanol–water partition coefficient (Wildman–Crippen LogP) is 4.36. The summed E-state index contributed by atoms with van der Waals surface area (Å²) in [5, 5.41) is 5.78. The van der Waals surface area contributed by atoms with Crippen LogP contribution in [0.1, 0.15) is 51.1 Å². The van der Waals surface area contributed by atoms with Crippen LogP contribution in [-0.4, -0.2) is 29.2 Å². The lowest BCUT2D eigenvalue weighted by atomic mass is 10.0. The molecule has 2 aromatic carbocycles. The number of carbonyl (C=O) groups is 3. The maximum atomic E-state index is 13.2. The largest absolute Gasteiger partial charge is 0.327 e. The molecule has 1 aliphatic heterocycles. The van der Waals surface area contributed by atoms with Gasteiger partial charge in [0.1, 0.15) is 6.04 Å². The van der Waals surface area contributed by atoms with Crippen LogP contribution < -0.4 is 10.6 Å². The van der Waals surface area contributed by atoms with Crippen LogP contribution >= 0.6 is 0 Å². The van der Waals surface area contributed by atoms with Gasteiger partial charge < -0.3 is 15.5 Å². The lowest BCUT2D eigenvalue weighted by Crippen LogP contribution is -2.43. The fourth-order valence-corrected chi connectivity index (χ4v) is 3.64. The van der Waals surface area contributed by atoms with Gasteiger partial charge in [-0.15, -0.1) is 0 Å². The van der Waals surface area contributed by atoms with Crippen LogP contribution in [0.5, 0.6) is 0 Å². The van der Waals surface area contributed by atoms with Crippen molar-refractivity contribution in [3.63, 3.8) is 0 Å². The summed E-state index contributed by atoms with van der Waals surface area (Å²) < 4.78 is 0. The fraction of sp³-hybridized carbons (Fsp3) is 0.375. The van der Waals surface area contributed by atoms with Gasteiger partial charge in [-0.2, -0.15) is 0 Å². The second kappa shape index (κ2) is 10.1. The minimum Gasteiger partial charge on any atom is -0.327 e. The third kappa shape index (κ3) is 5.69. The first-order chi connectivity index (χ1) is 14.4. The van der Waals surface area contributed by atoms with E-state index in [0.717, 1.165) is 18.4 Å². The van der Waals surface area contributed by atoms with Crippen LogP contribution in [0.3, 0.4) is 0 Å². The number of rotatable bonds is 7. The molecule has 0 bridgehead atoms. The molecule has 1 atom stereocenters. The first kappa shape index (κ1) is 21.6. The Bertz CT molecular complexity index is 878. The molecule has 0 aliphatic carbocycles. The van der Waals surface area contributed by atoms with E-state index in [4.69, 9.17) is 0 Å². The van der Waals surface area contributed by atoms with Gasteiger partial charge in [0.15, 0.2) is 0 Å². The molecule has 30 heavy (non-hydrogen) atoms. The Morgan fingerprint density at radius 2 is 1.57 bits per heavy atom. The molecule has 6 heteroatoms. The van der Waals surface area contributed by atoms with Crippen molar-refractivity contribution in [3.8, 4) is 0 Å². The smallest absolute Gasteiger partial charge is 0.251 e. The van der Waals surface area contributed by atoms with Crippen molar-refractivity contribution in [2.24, 2.45) is 5.92 Å². The maximum absolute atomic E-state index is 13.2. The van der Waals surface area contributed by atoms with E-state index >= 15 is 0 Å². The average molecular weight is 408 g/mol. The van der Waals surface area contributed by atoms with Gasteiger partial charge in [-0.25, -0.2) is 0 Å². The zero-order valence-corrected chi connectivity index (χ0v) is 17.6. The van der Waals surface area contributed by atoms with Crippen molar-refractivity contribution in [3.05, 3.63) is 60.2 Å². The van der Waals surface area contributed by atoms with Gasteiger partial charge in [-0.05, 0) is 48.6 Å². The van der Waals surface area contributed by atoms with E-state index in [2.05, 4.69) is 10.6 Å². The highest BCUT2D eigenvalue weighted by molar-refractivity contribution is 5.98. The van der Waals surface area contributed by atoms with E-state index in [1.807, 2.05) is 44.2 Å². The lowest BCUT2D eigenvalue weighted by molar-refractivity contribution is -0.141. The molecule has 6 nitrogen and oxygen atoms in total. The maximum Gasteiger partial charge on any atom is 0.251 e. The quantitative estimate of drug-likeness (QED) is 0.716. The number of nitrogens with zero attached hydrogens (tertiary/aromatic N) is 1. The summed E-state index contributed by atoms with van der Waals surface area (Å²) in [4.78, 5) is 39.3. The highest BCUT2D eigenvalue weighted by Gasteiger charge is 2.32. The van der Waals surface area contributed by atoms with Gasteiger partial charge in [0, 0.05) is 30.8 Å². The molecule has 1 heterocycles. The zero-order chi connectivity index (χ0) is 21.5. The first-order valence-electron chi connectivity index (χ1n) is 10.5. The summed E-state index contributed by atoms with van der Waals surface area (Å²) in [5.74, 6) is 0.0204. The SMILES string of the molecule is CC(C)CC(=O)Nc1ccc(NC(=O)C(c2ccccc2)N2CCCCC2=O)cc1. The molecule has 0 saturated carbocycles. The predicted molar refractivity (Wildman–Crippen MR) is 118 cm³/mol. The molecule has 158 valence electrons. The molecular formula is C24H29N3O3. The van der Waals surface area contributed by atoms with Crippen LogP contribution in [0.4, 0.5) is 11.4 Å². The van der Waals surface area contributed by atoms with Crippen molar-refractivity contribution in [1.29, 1.82) is 0 Å². The highest BCUT2D eigenvalue weighted by atomic mass is 16.2. The molecule has 1 unspecified atom stereocenters. The Morgan fingerprint density at radius 1 is 0.933 bits per heavy atom. The van der Waals surface area contributed by atoms with Crippen LogP contribution in [0.2, 0.25) is 0 Å². The lowest BCUT2D eigenvalue weighted by Gasteiger charge is -2.34. The summed E-state index contributed by atoms with van der Waals surface area (Å²) in [5.41, 5.74) is 2.10. The number of benzene rings is 2. The fourth-order valence-electron chi connectivity index (χ4n) is 3.64. The number of hydrogen-bond donors (Lipinski definition) is 2. The minimum absolute atomic E-state index is 0.00784. The Hall–Kier alpha value is -3.15. The van der Waals surface area contributed by atoms with E-state index < -0.39 is 6.04 Å². The van der Waals surface area contributed by atoms with Crippen molar-refractivity contribution in [2.45, 2.75) is 45.6 Å². The van der Waals surface area contributed by atoms with Gasteiger partial charge in [0.2, 0.25) is 11.8 Å². The van der Waals surface area contributed by atoms with E-state index in [-0.39, 0.29) is 23.6 Å². The van der Waals surface area contributed by atoms with Crippen molar-refractivity contribution in [2.75, 3.05) is 17.2 Å². The summed E-state index contributed by atoms with van der Waals surface area (Å²) in [7, 11) is 0. The molecule has 0 spiro atoms. The third-order valence-corrected chi connectivity index (χ3v) is 5.07. The monoisotopic (exact) mass is 407 g/mol. The van der Waals surface area contributed by atoms with Gasteiger partial charge in [0.05, 0.1) is 0 Å². The Labute approximate surface area is 177 Å². The van der Waals surface area contributed by atoms with Gasteiger partial charge in [0.25, 0.3) is 5.91 Å². The van der Waals surface area contributed by atoms with Crippen molar-refractivity contribution < 1.29 is 14.4 Å². The van der Waals surface area contributed by atoms with Crippen molar-refractivity contribution >= 4 is 29.1 Å². The summed E-state index contributed by atoms with van der Waals surface area (Å²) in [6.45, 7) is 4.57. The number of amides is 3. The van der Waals surface area contributed by atoms with Gasteiger partial charge in [-0.3, -0.25) is 14.4 Å². The second-order valence-electron chi connectivity index (χ2n) is 8.07. The van der Waals surface area contributed by atoms with E-state index in [1.54, 1.807) is 29.2 Å². The average Bonchev–Trinajstić information content (AvgIpc) is 2.71. The van der Waals surface area contributed by atoms with E-state index in [9.17, 15) is 14.4 Å². The molecule has 0 radical (unpaired) electrons. The van der Waals surface area contributed by atoms with Crippen molar-refractivity contribution in [1.82, 2.24) is 4.90 Å². The van der Waals surface area contributed by atoms with Gasteiger partial charge >= 0.3 is 0 Å². The Kier molecular flexibility index (Phi) is 7.22. The summed E-state index contributed by atoms with van der Waals surface area (Å²) >= 11 is 0. The highest BCUT2D eigenvalue weighted by Crippen LogP contribution is 2.27. The van der Waals surface area contributed by atoms with Crippen LogP contribution in [0.25, 0.3) is 0 Å². The van der Waals surface area contributed by atoms with Crippen LogP contribution in [-0.2, 0) is 14.4 Å². The number of carbonyl (C=O) groups excluding carboxylic acids is 3.